The van der Waals surface area contributed by atoms with Gasteiger partial charge in [-0.1, -0.05) is 12.8 Å². The number of carbonyl (C=O) groups is 1. The number of nitriles is 1. The molecule has 5 heteroatoms. The molecule has 0 aromatic carbocycles. The molecule has 0 aliphatic carbocycles. The van der Waals surface area contributed by atoms with E-state index >= 15 is 0 Å². The molecule has 0 saturated carbocycles. The highest BCUT2D eigenvalue weighted by Gasteiger charge is 2.33. The maximum atomic E-state index is 12.0. The van der Waals surface area contributed by atoms with Crippen LogP contribution in [-0.4, -0.2) is 41.5 Å². The fourth-order valence-electron chi connectivity index (χ4n) is 4.25. The van der Waals surface area contributed by atoms with E-state index < -0.39 is 0 Å². The van der Waals surface area contributed by atoms with E-state index in [1.165, 1.54) is 12.8 Å². The van der Waals surface area contributed by atoms with Crippen LogP contribution in [-0.2, 0) is 4.79 Å². The van der Waals surface area contributed by atoms with E-state index in [9.17, 15) is 10.1 Å². The summed E-state index contributed by atoms with van der Waals surface area (Å²) in [6.07, 6.45) is 8.62. The minimum absolute atomic E-state index is 0.223. The molecule has 1 aromatic rings. The zero-order valence-corrected chi connectivity index (χ0v) is 14.4. The molecule has 2 aliphatic rings. The van der Waals surface area contributed by atoms with Gasteiger partial charge >= 0.3 is 0 Å². The summed E-state index contributed by atoms with van der Waals surface area (Å²) in [5.74, 6) is 1.60. The van der Waals surface area contributed by atoms with Gasteiger partial charge in [0.25, 0.3) is 0 Å². The Kier molecular flexibility index (Phi) is 5.34. The second kappa shape index (κ2) is 7.65. The number of piperidine rings is 1. The van der Waals surface area contributed by atoms with Crippen molar-refractivity contribution in [1.82, 2.24) is 9.88 Å². The van der Waals surface area contributed by atoms with Crippen LogP contribution in [0, 0.1) is 17.2 Å². The Morgan fingerprint density at radius 1 is 1.21 bits per heavy atom. The summed E-state index contributed by atoms with van der Waals surface area (Å²) in [6.45, 7) is 4.46. The van der Waals surface area contributed by atoms with E-state index in [2.05, 4.69) is 20.9 Å². The number of likely N-dealkylation sites (tertiary alicyclic amines) is 1. The monoisotopic (exact) mass is 326 g/mol. The maximum Gasteiger partial charge on any atom is 0.219 e. The highest BCUT2D eigenvalue weighted by molar-refractivity contribution is 5.73. The molecule has 5 nitrogen and oxygen atoms in total. The van der Waals surface area contributed by atoms with Gasteiger partial charge in [0.05, 0.1) is 5.56 Å². The third kappa shape index (κ3) is 3.53. The molecule has 3 heterocycles. The van der Waals surface area contributed by atoms with Gasteiger partial charge in [-0.3, -0.25) is 4.79 Å². The number of amides is 1. The smallest absolute Gasteiger partial charge is 0.219 e. The molecule has 1 atom stereocenters. The van der Waals surface area contributed by atoms with Gasteiger partial charge in [-0.15, -0.1) is 0 Å². The summed E-state index contributed by atoms with van der Waals surface area (Å²) in [5, 5.41) is 9.27. The van der Waals surface area contributed by atoms with E-state index in [-0.39, 0.29) is 5.91 Å². The number of rotatable bonds is 2. The average Bonchev–Trinajstić information content (AvgIpc) is 2.88. The van der Waals surface area contributed by atoms with E-state index in [1.807, 2.05) is 12.1 Å². The number of aromatic nitrogens is 1. The van der Waals surface area contributed by atoms with Crippen LogP contribution >= 0.6 is 0 Å². The summed E-state index contributed by atoms with van der Waals surface area (Å²) in [4.78, 5) is 20.8. The summed E-state index contributed by atoms with van der Waals surface area (Å²) in [7, 11) is 0. The summed E-state index contributed by atoms with van der Waals surface area (Å²) in [5.41, 5.74) is 0.649. The summed E-state index contributed by atoms with van der Waals surface area (Å²) >= 11 is 0. The van der Waals surface area contributed by atoms with Gasteiger partial charge in [0, 0.05) is 38.8 Å². The molecule has 1 aromatic heterocycles. The Bertz CT molecular complexity index is 616. The van der Waals surface area contributed by atoms with E-state index in [0.29, 0.717) is 17.5 Å². The lowest BCUT2D eigenvalue weighted by Gasteiger charge is -2.40. The number of nitrogens with zero attached hydrogens (tertiary/aromatic N) is 4. The Morgan fingerprint density at radius 2 is 2.00 bits per heavy atom. The minimum Gasteiger partial charge on any atom is -0.356 e. The van der Waals surface area contributed by atoms with Crippen LogP contribution in [0.15, 0.2) is 18.3 Å². The first-order chi connectivity index (χ1) is 11.7. The van der Waals surface area contributed by atoms with Crippen LogP contribution in [0.2, 0.25) is 0 Å². The van der Waals surface area contributed by atoms with E-state index in [1.54, 1.807) is 13.1 Å². The lowest BCUT2D eigenvalue weighted by molar-refractivity contribution is -0.132. The van der Waals surface area contributed by atoms with Crippen molar-refractivity contribution in [2.24, 2.45) is 5.92 Å². The predicted molar refractivity (Wildman–Crippen MR) is 93.5 cm³/mol. The number of hydrogen-bond acceptors (Lipinski definition) is 4. The standard InChI is InChI=1S/C19H26N4O/c1-15(24)23-11-4-2-3-7-18(23)16-8-12-22(13-9-16)19-17(14-20)6-5-10-21-19/h5-6,10,16,18H,2-4,7-9,11-13H2,1H3/t18-/m0/s1. The van der Waals surface area contributed by atoms with Gasteiger partial charge in [-0.05, 0) is 43.7 Å². The van der Waals surface area contributed by atoms with Crippen LogP contribution in [0.4, 0.5) is 5.82 Å². The van der Waals surface area contributed by atoms with Gasteiger partial charge in [0.15, 0.2) is 0 Å². The van der Waals surface area contributed by atoms with Crippen molar-refractivity contribution < 1.29 is 4.79 Å². The van der Waals surface area contributed by atoms with Crippen LogP contribution in [0.5, 0.6) is 0 Å². The zero-order valence-electron chi connectivity index (χ0n) is 14.4. The topological polar surface area (TPSA) is 60.2 Å². The van der Waals surface area contributed by atoms with Crippen LogP contribution < -0.4 is 4.90 Å². The van der Waals surface area contributed by atoms with E-state index in [4.69, 9.17) is 0 Å². The quantitative estimate of drug-likeness (QED) is 0.838. The molecule has 0 unspecified atom stereocenters. The summed E-state index contributed by atoms with van der Waals surface area (Å²) in [6, 6.07) is 6.28. The van der Waals surface area contributed by atoms with Crippen molar-refractivity contribution in [3.05, 3.63) is 23.9 Å². The Labute approximate surface area is 144 Å². The van der Waals surface area contributed by atoms with Gasteiger partial charge in [0.2, 0.25) is 5.91 Å². The van der Waals surface area contributed by atoms with E-state index in [0.717, 1.165) is 51.1 Å². The first-order valence-corrected chi connectivity index (χ1v) is 9.08. The lowest BCUT2D eigenvalue weighted by atomic mass is 9.86. The number of carbonyl (C=O) groups excluding carboxylic acids is 1. The molecule has 1 amide bonds. The number of hydrogen-bond donors (Lipinski definition) is 0. The molecular weight excluding hydrogens is 300 g/mol. The average molecular weight is 326 g/mol. The molecule has 0 bridgehead atoms. The Balaban J connectivity index is 1.68. The van der Waals surface area contributed by atoms with Crippen LogP contribution in [0.25, 0.3) is 0 Å². The Morgan fingerprint density at radius 3 is 2.71 bits per heavy atom. The Hall–Kier alpha value is -2.09. The molecule has 0 spiro atoms. The van der Waals surface area contributed by atoms with Crippen molar-refractivity contribution in [1.29, 1.82) is 5.26 Å². The summed E-state index contributed by atoms with van der Waals surface area (Å²) < 4.78 is 0. The molecule has 24 heavy (non-hydrogen) atoms. The second-order valence-electron chi connectivity index (χ2n) is 6.94. The molecule has 2 aliphatic heterocycles. The molecule has 3 rings (SSSR count). The SMILES string of the molecule is CC(=O)N1CCCCC[C@H]1C1CCN(c2ncccc2C#N)CC1. The molecule has 2 fully saturated rings. The van der Waals surface area contributed by atoms with Crippen LogP contribution in [0.3, 0.4) is 0 Å². The zero-order chi connectivity index (χ0) is 16.9. The fraction of sp³-hybridized carbons (Fsp3) is 0.632. The third-order valence-electron chi connectivity index (χ3n) is 5.49. The highest BCUT2D eigenvalue weighted by atomic mass is 16.2. The van der Waals surface area contributed by atoms with Crippen molar-refractivity contribution >= 4 is 11.7 Å². The minimum atomic E-state index is 0.223. The van der Waals surface area contributed by atoms with Crippen molar-refractivity contribution in [2.45, 2.75) is 51.5 Å². The largest absolute Gasteiger partial charge is 0.356 e. The highest BCUT2D eigenvalue weighted by Crippen LogP contribution is 2.32. The van der Waals surface area contributed by atoms with Crippen molar-refractivity contribution in [2.75, 3.05) is 24.5 Å². The molecular formula is C19H26N4O. The first-order valence-electron chi connectivity index (χ1n) is 9.08. The number of pyridine rings is 1. The normalized spacial score (nSPS) is 22.8. The van der Waals surface area contributed by atoms with Gasteiger partial charge in [0.1, 0.15) is 11.9 Å². The second-order valence-corrected chi connectivity index (χ2v) is 6.94. The van der Waals surface area contributed by atoms with Gasteiger partial charge in [-0.25, -0.2) is 4.98 Å². The first kappa shape index (κ1) is 16.8. The number of anilines is 1. The predicted octanol–water partition coefficient (Wildman–Crippen LogP) is 2.96. The molecule has 0 N–H and O–H groups in total. The molecule has 0 radical (unpaired) electrons. The van der Waals surface area contributed by atoms with Gasteiger partial charge in [-0.2, -0.15) is 5.26 Å². The lowest BCUT2D eigenvalue weighted by Crippen LogP contribution is -2.47. The maximum absolute atomic E-state index is 12.0. The van der Waals surface area contributed by atoms with Crippen LogP contribution in [0.1, 0.15) is 51.0 Å². The van der Waals surface area contributed by atoms with Gasteiger partial charge < -0.3 is 9.80 Å². The fourth-order valence-corrected chi connectivity index (χ4v) is 4.25. The van der Waals surface area contributed by atoms with Crippen molar-refractivity contribution in [3.8, 4) is 6.07 Å². The molecule has 2 saturated heterocycles. The molecule has 128 valence electrons. The third-order valence-corrected chi connectivity index (χ3v) is 5.49. The van der Waals surface area contributed by atoms with Crippen molar-refractivity contribution in [3.63, 3.8) is 0 Å².